The van der Waals surface area contributed by atoms with Crippen LogP contribution in [0.15, 0.2) is 24.3 Å². The second kappa shape index (κ2) is 6.10. The first-order chi connectivity index (χ1) is 6.74. The van der Waals surface area contributed by atoms with E-state index < -0.39 is 0 Å². The van der Waals surface area contributed by atoms with Crippen molar-refractivity contribution in [2.45, 2.75) is 26.1 Å². The Balaban J connectivity index is 2.49. The molecule has 0 aromatic heterocycles. The normalized spacial score (nSPS) is 10.9. The standard InChI is InChI=1S/C12H19NS/c1-10(2)8-14-9-12-6-4-3-5-11(12)7-13/h3-6,10H,7-9,13H2,1-2H3. The van der Waals surface area contributed by atoms with Crippen molar-refractivity contribution in [1.29, 1.82) is 0 Å². The zero-order chi connectivity index (χ0) is 10.4. The van der Waals surface area contributed by atoms with Gasteiger partial charge in [-0.05, 0) is 22.8 Å². The highest BCUT2D eigenvalue weighted by atomic mass is 32.2. The van der Waals surface area contributed by atoms with Gasteiger partial charge in [0.25, 0.3) is 0 Å². The highest BCUT2D eigenvalue weighted by molar-refractivity contribution is 7.98. The van der Waals surface area contributed by atoms with Crippen LogP contribution in [0, 0.1) is 5.92 Å². The SMILES string of the molecule is CC(C)CSCc1ccccc1CN. The number of hydrogen-bond donors (Lipinski definition) is 1. The molecular weight excluding hydrogens is 190 g/mol. The van der Waals surface area contributed by atoms with Crippen molar-refractivity contribution < 1.29 is 0 Å². The Morgan fingerprint density at radius 3 is 2.43 bits per heavy atom. The van der Waals surface area contributed by atoms with Crippen LogP contribution in [-0.2, 0) is 12.3 Å². The first-order valence-electron chi connectivity index (χ1n) is 5.08. The molecule has 0 aliphatic rings. The minimum atomic E-state index is 0.651. The number of thioether (sulfide) groups is 1. The van der Waals surface area contributed by atoms with Gasteiger partial charge in [-0.15, -0.1) is 0 Å². The fourth-order valence-electron chi connectivity index (χ4n) is 1.30. The van der Waals surface area contributed by atoms with Crippen LogP contribution in [0.1, 0.15) is 25.0 Å². The first kappa shape index (κ1) is 11.6. The molecule has 0 heterocycles. The Morgan fingerprint density at radius 2 is 1.86 bits per heavy atom. The maximum absolute atomic E-state index is 5.67. The third-order valence-corrected chi connectivity index (χ3v) is 3.46. The third-order valence-electron chi connectivity index (χ3n) is 2.05. The number of benzene rings is 1. The monoisotopic (exact) mass is 209 g/mol. The van der Waals surface area contributed by atoms with E-state index >= 15 is 0 Å². The Morgan fingerprint density at radius 1 is 1.21 bits per heavy atom. The Bertz CT molecular complexity index is 271. The van der Waals surface area contributed by atoms with Gasteiger partial charge in [0.15, 0.2) is 0 Å². The lowest BCUT2D eigenvalue weighted by molar-refractivity contribution is 0.750. The average Bonchev–Trinajstić information content (AvgIpc) is 2.18. The highest BCUT2D eigenvalue weighted by Gasteiger charge is 2.00. The van der Waals surface area contributed by atoms with E-state index in [0.29, 0.717) is 6.54 Å². The molecule has 2 heteroatoms. The smallest absolute Gasteiger partial charge is 0.0187 e. The van der Waals surface area contributed by atoms with Crippen molar-refractivity contribution in [3.05, 3.63) is 35.4 Å². The van der Waals surface area contributed by atoms with Crippen LogP contribution in [0.25, 0.3) is 0 Å². The zero-order valence-electron chi connectivity index (χ0n) is 8.99. The highest BCUT2D eigenvalue weighted by Crippen LogP contribution is 2.18. The minimum Gasteiger partial charge on any atom is -0.326 e. The number of rotatable bonds is 5. The van der Waals surface area contributed by atoms with E-state index in [1.54, 1.807) is 0 Å². The maximum atomic E-state index is 5.67. The van der Waals surface area contributed by atoms with Crippen LogP contribution in [0.2, 0.25) is 0 Å². The molecule has 1 rings (SSSR count). The Labute approximate surface area is 91.1 Å². The van der Waals surface area contributed by atoms with Crippen LogP contribution >= 0.6 is 11.8 Å². The summed E-state index contributed by atoms with van der Waals surface area (Å²) in [6.07, 6.45) is 0. The summed E-state index contributed by atoms with van der Waals surface area (Å²) in [6.45, 7) is 5.15. The van der Waals surface area contributed by atoms with E-state index in [-0.39, 0.29) is 0 Å². The quantitative estimate of drug-likeness (QED) is 0.806. The van der Waals surface area contributed by atoms with Gasteiger partial charge >= 0.3 is 0 Å². The summed E-state index contributed by atoms with van der Waals surface area (Å²) in [4.78, 5) is 0. The Hall–Kier alpha value is -0.470. The van der Waals surface area contributed by atoms with Crippen LogP contribution in [0.3, 0.4) is 0 Å². The molecule has 0 amide bonds. The molecule has 1 nitrogen and oxygen atoms in total. The molecule has 0 unspecified atom stereocenters. The summed E-state index contributed by atoms with van der Waals surface area (Å²) in [5, 5.41) is 0. The van der Waals surface area contributed by atoms with E-state index in [1.165, 1.54) is 16.9 Å². The van der Waals surface area contributed by atoms with Gasteiger partial charge in [0.1, 0.15) is 0 Å². The van der Waals surface area contributed by atoms with Gasteiger partial charge in [-0.3, -0.25) is 0 Å². The predicted octanol–water partition coefficient (Wildman–Crippen LogP) is 3.03. The topological polar surface area (TPSA) is 26.0 Å². The molecule has 14 heavy (non-hydrogen) atoms. The van der Waals surface area contributed by atoms with Crippen molar-refractivity contribution in [1.82, 2.24) is 0 Å². The lowest BCUT2D eigenvalue weighted by atomic mass is 10.1. The average molecular weight is 209 g/mol. The molecule has 0 bridgehead atoms. The largest absolute Gasteiger partial charge is 0.326 e. The van der Waals surface area contributed by atoms with Crippen molar-refractivity contribution in [2.75, 3.05) is 5.75 Å². The molecule has 1 aromatic carbocycles. The molecule has 0 fully saturated rings. The van der Waals surface area contributed by atoms with Crippen molar-refractivity contribution in [3.63, 3.8) is 0 Å². The van der Waals surface area contributed by atoms with Gasteiger partial charge in [0.2, 0.25) is 0 Å². The van der Waals surface area contributed by atoms with Gasteiger partial charge in [0.05, 0.1) is 0 Å². The summed E-state index contributed by atoms with van der Waals surface area (Å²) in [7, 11) is 0. The van der Waals surface area contributed by atoms with Crippen molar-refractivity contribution in [2.24, 2.45) is 11.7 Å². The third kappa shape index (κ3) is 3.72. The van der Waals surface area contributed by atoms with E-state index in [0.717, 1.165) is 11.7 Å². The van der Waals surface area contributed by atoms with Gasteiger partial charge in [-0.1, -0.05) is 38.1 Å². The van der Waals surface area contributed by atoms with Crippen molar-refractivity contribution >= 4 is 11.8 Å². The number of nitrogens with two attached hydrogens (primary N) is 1. The fraction of sp³-hybridized carbons (Fsp3) is 0.500. The summed E-state index contributed by atoms with van der Waals surface area (Å²) < 4.78 is 0. The van der Waals surface area contributed by atoms with Crippen LogP contribution < -0.4 is 5.73 Å². The van der Waals surface area contributed by atoms with Gasteiger partial charge in [-0.2, -0.15) is 11.8 Å². The molecule has 1 aromatic rings. The maximum Gasteiger partial charge on any atom is 0.0187 e. The van der Waals surface area contributed by atoms with Crippen LogP contribution in [0.4, 0.5) is 0 Å². The van der Waals surface area contributed by atoms with E-state index in [2.05, 4.69) is 38.1 Å². The molecule has 0 saturated carbocycles. The van der Waals surface area contributed by atoms with Crippen molar-refractivity contribution in [3.8, 4) is 0 Å². The zero-order valence-corrected chi connectivity index (χ0v) is 9.81. The molecule has 0 aliphatic heterocycles. The summed E-state index contributed by atoms with van der Waals surface area (Å²) in [5.74, 6) is 3.08. The second-order valence-corrected chi connectivity index (χ2v) is 4.91. The van der Waals surface area contributed by atoms with E-state index in [1.807, 2.05) is 11.8 Å². The summed E-state index contributed by atoms with van der Waals surface area (Å²) in [6, 6.07) is 8.43. The molecular formula is C12H19NS. The molecule has 0 saturated heterocycles. The lowest BCUT2D eigenvalue weighted by Crippen LogP contribution is -2.01. The second-order valence-electron chi connectivity index (χ2n) is 3.88. The first-order valence-corrected chi connectivity index (χ1v) is 6.24. The van der Waals surface area contributed by atoms with Crippen LogP contribution in [0.5, 0.6) is 0 Å². The lowest BCUT2D eigenvalue weighted by Gasteiger charge is -2.08. The summed E-state index contributed by atoms with van der Waals surface area (Å²) >= 11 is 1.99. The minimum absolute atomic E-state index is 0.651. The van der Waals surface area contributed by atoms with Gasteiger partial charge < -0.3 is 5.73 Å². The van der Waals surface area contributed by atoms with Gasteiger partial charge in [-0.25, -0.2) is 0 Å². The predicted molar refractivity (Wildman–Crippen MR) is 65.3 cm³/mol. The van der Waals surface area contributed by atoms with E-state index in [4.69, 9.17) is 5.73 Å². The number of hydrogen-bond acceptors (Lipinski definition) is 2. The van der Waals surface area contributed by atoms with Crippen LogP contribution in [-0.4, -0.2) is 5.75 Å². The van der Waals surface area contributed by atoms with E-state index in [9.17, 15) is 0 Å². The molecule has 0 spiro atoms. The molecule has 78 valence electrons. The van der Waals surface area contributed by atoms with Gasteiger partial charge in [0, 0.05) is 12.3 Å². The molecule has 2 N–H and O–H groups in total. The Kier molecular flexibility index (Phi) is 5.05. The molecule has 0 aliphatic carbocycles. The molecule has 0 atom stereocenters. The summed E-state index contributed by atoms with van der Waals surface area (Å²) in [5.41, 5.74) is 8.34. The fourth-order valence-corrected chi connectivity index (χ4v) is 2.39. The molecule has 0 radical (unpaired) electrons.